The Labute approximate surface area is 170 Å². The van der Waals surface area contributed by atoms with Gasteiger partial charge in [0, 0.05) is 26.6 Å². The SMILES string of the molecule is CCCOc1c(Br)cc(Br)cc1CNCCc1ccc(Cl)cc1Cl. The first-order chi connectivity index (χ1) is 11.5. The van der Waals surface area contributed by atoms with Crippen LogP contribution in [-0.4, -0.2) is 13.2 Å². The molecule has 0 unspecified atom stereocenters. The van der Waals surface area contributed by atoms with Gasteiger partial charge in [-0.05, 0) is 65.1 Å². The van der Waals surface area contributed by atoms with E-state index in [9.17, 15) is 0 Å². The molecule has 24 heavy (non-hydrogen) atoms. The summed E-state index contributed by atoms with van der Waals surface area (Å²) in [4.78, 5) is 0. The molecule has 6 heteroatoms. The van der Waals surface area contributed by atoms with Crippen LogP contribution in [-0.2, 0) is 13.0 Å². The maximum absolute atomic E-state index is 6.20. The summed E-state index contributed by atoms with van der Waals surface area (Å²) in [7, 11) is 0. The summed E-state index contributed by atoms with van der Waals surface area (Å²) in [6, 6.07) is 9.70. The van der Waals surface area contributed by atoms with E-state index < -0.39 is 0 Å². The van der Waals surface area contributed by atoms with Crippen molar-refractivity contribution in [1.82, 2.24) is 5.32 Å². The quantitative estimate of drug-likeness (QED) is 0.414. The van der Waals surface area contributed by atoms with Crippen molar-refractivity contribution in [3.8, 4) is 5.75 Å². The summed E-state index contributed by atoms with van der Waals surface area (Å²) in [5, 5.41) is 4.82. The van der Waals surface area contributed by atoms with Crippen LogP contribution in [0.1, 0.15) is 24.5 Å². The molecule has 2 nitrogen and oxygen atoms in total. The second kappa shape index (κ2) is 10.0. The third kappa shape index (κ3) is 5.92. The fraction of sp³-hybridized carbons (Fsp3) is 0.333. The Kier molecular flexibility index (Phi) is 8.38. The molecule has 1 N–H and O–H groups in total. The van der Waals surface area contributed by atoms with E-state index in [1.54, 1.807) is 6.07 Å². The van der Waals surface area contributed by atoms with Crippen molar-refractivity contribution in [1.29, 1.82) is 0 Å². The minimum Gasteiger partial charge on any atom is -0.492 e. The van der Waals surface area contributed by atoms with Crippen LogP contribution in [0, 0.1) is 0 Å². The third-order valence-corrected chi connectivity index (χ3v) is 5.07. The topological polar surface area (TPSA) is 21.3 Å². The molecule has 0 spiro atoms. The van der Waals surface area contributed by atoms with Crippen molar-refractivity contribution >= 4 is 55.1 Å². The summed E-state index contributed by atoms with van der Waals surface area (Å²) >= 11 is 19.2. The Bertz CT molecular complexity index is 695. The van der Waals surface area contributed by atoms with Crippen LogP contribution in [0.2, 0.25) is 10.0 Å². The molecule has 2 aromatic carbocycles. The van der Waals surface area contributed by atoms with Crippen molar-refractivity contribution < 1.29 is 4.74 Å². The minimum atomic E-state index is 0.661. The molecule has 0 aromatic heterocycles. The van der Waals surface area contributed by atoms with Gasteiger partial charge in [0.25, 0.3) is 0 Å². The van der Waals surface area contributed by atoms with E-state index in [1.807, 2.05) is 18.2 Å². The largest absolute Gasteiger partial charge is 0.492 e. The predicted octanol–water partition coefficient (Wildman–Crippen LogP) is 6.64. The summed E-state index contributed by atoms with van der Waals surface area (Å²) in [5.41, 5.74) is 2.21. The highest BCUT2D eigenvalue weighted by molar-refractivity contribution is 9.11. The zero-order valence-corrected chi connectivity index (χ0v) is 18.0. The molecule has 2 aromatic rings. The zero-order valence-electron chi connectivity index (χ0n) is 13.3. The van der Waals surface area contributed by atoms with Crippen LogP contribution in [0.5, 0.6) is 5.75 Å². The second-order valence-corrected chi connectivity index (χ2v) is 8.00. The van der Waals surface area contributed by atoms with Crippen LogP contribution < -0.4 is 10.1 Å². The molecule has 0 atom stereocenters. The molecule has 0 bridgehead atoms. The van der Waals surface area contributed by atoms with E-state index in [0.717, 1.165) is 51.8 Å². The lowest BCUT2D eigenvalue weighted by Crippen LogP contribution is -2.17. The van der Waals surface area contributed by atoms with E-state index in [-0.39, 0.29) is 0 Å². The number of benzene rings is 2. The Morgan fingerprint density at radius 2 is 1.88 bits per heavy atom. The van der Waals surface area contributed by atoms with Gasteiger partial charge in [0.05, 0.1) is 11.1 Å². The molecule has 0 aliphatic heterocycles. The van der Waals surface area contributed by atoms with E-state index in [2.05, 4.69) is 50.2 Å². The third-order valence-electron chi connectivity index (χ3n) is 3.44. The average Bonchev–Trinajstić information content (AvgIpc) is 2.52. The van der Waals surface area contributed by atoms with Gasteiger partial charge < -0.3 is 10.1 Å². The first-order valence-corrected chi connectivity index (χ1v) is 10.1. The number of ether oxygens (including phenoxy) is 1. The highest BCUT2D eigenvalue weighted by Crippen LogP contribution is 2.33. The molecule has 0 amide bonds. The van der Waals surface area contributed by atoms with Gasteiger partial charge in [0.15, 0.2) is 0 Å². The van der Waals surface area contributed by atoms with Gasteiger partial charge >= 0.3 is 0 Å². The van der Waals surface area contributed by atoms with Gasteiger partial charge in [0.1, 0.15) is 5.75 Å². The van der Waals surface area contributed by atoms with Crippen LogP contribution in [0.15, 0.2) is 39.3 Å². The number of hydrogen-bond acceptors (Lipinski definition) is 2. The molecule has 0 fully saturated rings. The summed E-state index contributed by atoms with van der Waals surface area (Å²) in [6.45, 7) is 4.34. The number of rotatable bonds is 8. The van der Waals surface area contributed by atoms with Crippen LogP contribution in [0.4, 0.5) is 0 Å². The smallest absolute Gasteiger partial charge is 0.138 e. The van der Waals surface area contributed by atoms with Gasteiger partial charge in [-0.3, -0.25) is 0 Å². The minimum absolute atomic E-state index is 0.661. The van der Waals surface area contributed by atoms with Crippen molar-refractivity contribution in [3.05, 3.63) is 60.4 Å². The molecule has 0 aliphatic rings. The van der Waals surface area contributed by atoms with Crippen molar-refractivity contribution in [2.24, 2.45) is 0 Å². The molecule has 130 valence electrons. The summed E-state index contributed by atoms with van der Waals surface area (Å²) in [5.74, 6) is 0.900. The highest BCUT2D eigenvalue weighted by atomic mass is 79.9. The number of hydrogen-bond donors (Lipinski definition) is 1. The van der Waals surface area contributed by atoms with Gasteiger partial charge in [0.2, 0.25) is 0 Å². The monoisotopic (exact) mass is 493 g/mol. The molecule has 2 rings (SSSR count). The Morgan fingerprint density at radius 3 is 2.58 bits per heavy atom. The average molecular weight is 496 g/mol. The Morgan fingerprint density at radius 1 is 1.08 bits per heavy atom. The number of halogens is 4. The lowest BCUT2D eigenvalue weighted by atomic mass is 10.1. The van der Waals surface area contributed by atoms with E-state index >= 15 is 0 Å². The molecular formula is C18H19Br2Cl2NO. The molecule has 0 saturated carbocycles. The zero-order chi connectivity index (χ0) is 17.5. The molecule has 0 aliphatic carbocycles. The van der Waals surface area contributed by atoms with Crippen LogP contribution in [0.25, 0.3) is 0 Å². The molecular weight excluding hydrogens is 477 g/mol. The lowest BCUT2D eigenvalue weighted by Gasteiger charge is -2.14. The Hall–Kier alpha value is -0.260. The van der Waals surface area contributed by atoms with Crippen LogP contribution >= 0.6 is 55.1 Å². The first kappa shape index (κ1) is 20.1. The second-order valence-electron chi connectivity index (χ2n) is 5.39. The highest BCUT2D eigenvalue weighted by Gasteiger charge is 2.10. The standard InChI is InChI=1S/C18H19Br2Cl2NO/c1-2-7-24-18-13(8-14(19)9-16(18)20)11-23-6-5-12-3-4-15(21)10-17(12)22/h3-4,8-10,23H,2,5-7,11H2,1H3. The van der Waals surface area contributed by atoms with Crippen LogP contribution in [0.3, 0.4) is 0 Å². The molecule has 0 saturated heterocycles. The fourth-order valence-electron chi connectivity index (χ4n) is 2.28. The summed E-state index contributed by atoms with van der Waals surface area (Å²) in [6.07, 6.45) is 1.82. The van der Waals surface area contributed by atoms with Gasteiger partial charge in [-0.15, -0.1) is 0 Å². The normalized spacial score (nSPS) is 10.9. The Balaban J connectivity index is 1.96. The van der Waals surface area contributed by atoms with Gasteiger partial charge in [-0.1, -0.05) is 52.1 Å². The lowest BCUT2D eigenvalue weighted by molar-refractivity contribution is 0.311. The van der Waals surface area contributed by atoms with E-state index in [1.165, 1.54) is 0 Å². The maximum Gasteiger partial charge on any atom is 0.138 e. The van der Waals surface area contributed by atoms with Gasteiger partial charge in [-0.25, -0.2) is 0 Å². The van der Waals surface area contributed by atoms with Crippen molar-refractivity contribution in [2.45, 2.75) is 26.3 Å². The van der Waals surface area contributed by atoms with Crippen molar-refractivity contribution in [3.63, 3.8) is 0 Å². The molecule has 0 heterocycles. The van der Waals surface area contributed by atoms with Gasteiger partial charge in [-0.2, -0.15) is 0 Å². The molecule has 0 radical (unpaired) electrons. The van der Waals surface area contributed by atoms with E-state index in [0.29, 0.717) is 16.7 Å². The maximum atomic E-state index is 6.20. The predicted molar refractivity (Wildman–Crippen MR) is 110 cm³/mol. The fourth-order valence-corrected chi connectivity index (χ4v) is 4.21. The van der Waals surface area contributed by atoms with Crippen molar-refractivity contribution in [2.75, 3.05) is 13.2 Å². The summed E-state index contributed by atoms with van der Waals surface area (Å²) < 4.78 is 7.86. The first-order valence-electron chi connectivity index (χ1n) is 7.76. The van der Waals surface area contributed by atoms with E-state index in [4.69, 9.17) is 27.9 Å². The number of nitrogens with one attached hydrogen (secondary N) is 1.